The number of rotatable bonds is 5. The molecule has 9 aromatic rings. The van der Waals surface area contributed by atoms with Crippen LogP contribution in [0.1, 0.15) is 22.3 Å². The van der Waals surface area contributed by atoms with Gasteiger partial charge < -0.3 is 4.90 Å². The Kier molecular flexibility index (Phi) is 7.39. The summed E-state index contributed by atoms with van der Waals surface area (Å²) in [6.45, 7) is 0. The first kappa shape index (κ1) is 32.1. The number of anilines is 3. The van der Waals surface area contributed by atoms with Crippen LogP contribution in [-0.4, -0.2) is 9.97 Å². The molecule has 0 atom stereocenters. The molecule has 11 rings (SSSR count). The van der Waals surface area contributed by atoms with Crippen LogP contribution in [0.15, 0.2) is 212 Å². The zero-order valence-corrected chi connectivity index (χ0v) is 30.5. The fourth-order valence-electron chi connectivity index (χ4n) is 9.04. The Labute approximate surface area is 326 Å². The lowest BCUT2D eigenvalue weighted by Gasteiger charge is -2.45. The quantitative estimate of drug-likeness (QED) is 0.178. The molecule has 3 nitrogen and oxygen atoms in total. The van der Waals surface area contributed by atoms with E-state index in [2.05, 4.69) is 193 Å². The summed E-state index contributed by atoms with van der Waals surface area (Å²) in [5.74, 6) is 0.716. The van der Waals surface area contributed by atoms with Gasteiger partial charge in [0.15, 0.2) is 5.82 Å². The van der Waals surface area contributed by atoms with Gasteiger partial charge in [-0.2, -0.15) is 0 Å². The van der Waals surface area contributed by atoms with Crippen molar-refractivity contribution in [3.8, 4) is 56.2 Å². The van der Waals surface area contributed by atoms with Gasteiger partial charge in [-0.25, -0.2) is 9.97 Å². The molecule has 262 valence electrons. The van der Waals surface area contributed by atoms with E-state index in [0.717, 1.165) is 39.3 Å². The lowest BCUT2D eigenvalue weighted by Crippen LogP contribution is -2.36. The number of hydrogen-bond donors (Lipinski definition) is 0. The molecule has 0 N–H and O–H groups in total. The van der Waals surface area contributed by atoms with Crippen LogP contribution in [0.25, 0.3) is 56.2 Å². The Hall–Kier alpha value is -7.36. The van der Waals surface area contributed by atoms with E-state index in [0.29, 0.717) is 5.82 Å². The summed E-state index contributed by atoms with van der Waals surface area (Å²) < 4.78 is 0. The predicted molar refractivity (Wildman–Crippen MR) is 229 cm³/mol. The smallest absolute Gasteiger partial charge is 0.160 e. The van der Waals surface area contributed by atoms with Crippen molar-refractivity contribution in [1.82, 2.24) is 9.97 Å². The molecule has 0 bridgehead atoms. The monoisotopic (exact) mass is 713 g/mol. The highest BCUT2D eigenvalue weighted by molar-refractivity contribution is 5.96. The molecule has 8 aromatic carbocycles. The number of nitrogens with zero attached hydrogens (tertiary/aromatic N) is 3. The van der Waals surface area contributed by atoms with E-state index >= 15 is 0 Å². The Morgan fingerprint density at radius 3 is 1.43 bits per heavy atom. The summed E-state index contributed by atoms with van der Waals surface area (Å²) in [5, 5.41) is 0. The maximum atomic E-state index is 5.08. The first-order chi connectivity index (χ1) is 27.8. The molecule has 0 radical (unpaired) electrons. The second-order valence-electron chi connectivity index (χ2n) is 14.5. The molecule has 0 saturated carbocycles. The van der Waals surface area contributed by atoms with Gasteiger partial charge in [0.05, 0.1) is 28.2 Å². The van der Waals surface area contributed by atoms with Crippen molar-refractivity contribution in [1.29, 1.82) is 0 Å². The predicted octanol–water partition coefficient (Wildman–Crippen LogP) is 13.3. The van der Waals surface area contributed by atoms with Gasteiger partial charge in [-0.1, -0.05) is 176 Å². The second-order valence-corrected chi connectivity index (χ2v) is 14.5. The van der Waals surface area contributed by atoms with Crippen LogP contribution in [0, 0.1) is 0 Å². The third-order valence-electron chi connectivity index (χ3n) is 11.5. The van der Waals surface area contributed by atoms with Crippen molar-refractivity contribution in [3.63, 3.8) is 0 Å². The maximum Gasteiger partial charge on any atom is 0.160 e. The molecule has 2 heterocycles. The number of hydrogen-bond acceptors (Lipinski definition) is 3. The first-order valence-corrected chi connectivity index (χ1v) is 19.2. The number of benzene rings is 8. The molecule has 1 aliphatic carbocycles. The molecule has 0 fully saturated rings. The summed E-state index contributed by atoms with van der Waals surface area (Å²) in [4.78, 5) is 12.5. The minimum absolute atomic E-state index is 0.497. The van der Waals surface area contributed by atoms with Gasteiger partial charge in [0.1, 0.15) is 0 Å². The van der Waals surface area contributed by atoms with E-state index in [1.54, 1.807) is 0 Å². The van der Waals surface area contributed by atoms with Gasteiger partial charge in [0.25, 0.3) is 0 Å². The van der Waals surface area contributed by atoms with E-state index in [9.17, 15) is 0 Å². The number of aromatic nitrogens is 2. The fraction of sp³-hybridized carbons (Fsp3) is 0.0189. The van der Waals surface area contributed by atoms with E-state index in [-0.39, 0.29) is 0 Å². The van der Waals surface area contributed by atoms with E-state index < -0.39 is 5.41 Å². The van der Waals surface area contributed by atoms with Crippen molar-refractivity contribution < 1.29 is 0 Å². The second kappa shape index (κ2) is 12.9. The van der Waals surface area contributed by atoms with E-state index in [1.165, 1.54) is 50.3 Å². The van der Waals surface area contributed by atoms with Crippen LogP contribution in [0.2, 0.25) is 0 Å². The van der Waals surface area contributed by atoms with Crippen LogP contribution < -0.4 is 4.90 Å². The highest BCUT2D eigenvalue weighted by atomic mass is 15.2. The average molecular weight is 714 g/mol. The Morgan fingerprint density at radius 2 is 0.786 bits per heavy atom. The Balaban J connectivity index is 1.06. The van der Waals surface area contributed by atoms with Crippen molar-refractivity contribution in [2.24, 2.45) is 0 Å². The standard InChI is InChI=1S/C53H35N3/c1-4-16-37(17-5-1)48-35-49(55-52(54-48)39-18-6-2-7-19-39)38-30-28-36(29-31-38)40-32-33-43-42-22-10-11-23-44(42)53(47(43)34-40)45-24-12-14-26-50(45)56(41-20-8-3-9-21-41)51-27-15-13-25-46(51)53/h1-35H. The molecule has 56 heavy (non-hydrogen) atoms. The van der Waals surface area contributed by atoms with Crippen LogP contribution >= 0.6 is 0 Å². The van der Waals surface area contributed by atoms with Gasteiger partial charge in [0.2, 0.25) is 0 Å². The molecule has 0 amide bonds. The molecular weight excluding hydrogens is 679 g/mol. The van der Waals surface area contributed by atoms with Crippen LogP contribution in [0.4, 0.5) is 17.1 Å². The van der Waals surface area contributed by atoms with E-state index in [1.807, 2.05) is 24.3 Å². The third kappa shape index (κ3) is 4.91. The summed E-state index contributed by atoms with van der Waals surface area (Å²) >= 11 is 0. The molecule has 1 aromatic heterocycles. The average Bonchev–Trinajstić information content (AvgIpc) is 3.57. The zero-order valence-electron chi connectivity index (χ0n) is 30.5. The van der Waals surface area contributed by atoms with Gasteiger partial charge in [-0.05, 0) is 80.9 Å². The summed E-state index contributed by atoms with van der Waals surface area (Å²) in [6.07, 6.45) is 0. The summed E-state index contributed by atoms with van der Waals surface area (Å²) in [5.41, 5.74) is 18.1. The molecule has 2 aliphatic rings. The number of para-hydroxylation sites is 3. The largest absolute Gasteiger partial charge is 0.310 e. The van der Waals surface area contributed by atoms with Gasteiger partial charge in [-0.3, -0.25) is 0 Å². The minimum atomic E-state index is -0.497. The van der Waals surface area contributed by atoms with Crippen LogP contribution in [0.3, 0.4) is 0 Å². The fourth-order valence-corrected chi connectivity index (χ4v) is 9.04. The summed E-state index contributed by atoms with van der Waals surface area (Å²) in [7, 11) is 0. The normalized spacial score (nSPS) is 13.1. The highest BCUT2D eigenvalue weighted by Crippen LogP contribution is 2.63. The third-order valence-corrected chi connectivity index (χ3v) is 11.5. The van der Waals surface area contributed by atoms with Gasteiger partial charge in [0, 0.05) is 22.4 Å². The Bertz CT molecular complexity index is 2800. The topological polar surface area (TPSA) is 29.0 Å². The molecular formula is C53H35N3. The van der Waals surface area contributed by atoms with Gasteiger partial charge in [-0.15, -0.1) is 0 Å². The molecule has 0 unspecified atom stereocenters. The molecule has 1 aliphatic heterocycles. The van der Waals surface area contributed by atoms with Crippen molar-refractivity contribution in [2.75, 3.05) is 4.90 Å². The van der Waals surface area contributed by atoms with E-state index in [4.69, 9.17) is 9.97 Å². The Morgan fingerprint density at radius 1 is 0.321 bits per heavy atom. The van der Waals surface area contributed by atoms with Gasteiger partial charge >= 0.3 is 0 Å². The van der Waals surface area contributed by atoms with Crippen molar-refractivity contribution in [3.05, 3.63) is 235 Å². The SMILES string of the molecule is c1ccc(-c2cc(-c3ccc(-c4ccc5c(c4)C4(c6ccccc6-5)c5ccccc5N(c5ccccc5)c5ccccc54)cc3)nc(-c3ccccc3)n2)cc1. The highest BCUT2D eigenvalue weighted by Gasteiger charge is 2.51. The lowest BCUT2D eigenvalue weighted by molar-refractivity contribution is 0.753. The minimum Gasteiger partial charge on any atom is -0.310 e. The molecule has 1 spiro atoms. The molecule has 3 heteroatoms. The lowest BCUT2D eigenvalue weighted by atomic mass is 9.64. The van der Waals surface area contributed by atoms with Crippen molar-refractivity contribution >= 4 is 17.1 Å². The first-order valence-electron chi connectivity index (χ1n) is 19.2. The maximum absolute atomic E-state index is 5.08. The van der Waals surface area contributed by atoms with Crippen molar-refractivity contribution in [2.45, 2.75) is 5.41 Å². The van der Waals surface area contributed by atoms with Crippen LogP contribution in [0.5, 0.6) is 0 Å². The zero-order chi connectivity index (χ0) is 37.1. The van der Waals surface area contributed by atoms with Crippen LogP contribution in [-0.2, 0) is 5.41 Å². The number of fused-ring (bicyclic) bond motifs is 9. The molecule has 0 saturated heterocycles. The summed E-state index contributed by atoms with van der Waals surface area (Å²) in [6, 6.07) is 76.3.